The molecular weight excluding hydrogens is 276 g/mol. The van der Waals surface area contributed by atoms with E-state index in [0.29, 0.717) is 10.8 Å². The number of rotatable bonds is 5. The van der Waals surface area contributed by atoms with Gasteiger partial charge >= 0.3 is 0 Å². The Kier molecular flexibility index (Phi) is 4.60. The zero-order valence-corrected chi connectivity index (χ0v) is 11.9. The third-order valence-corrected chi connectivity index (χ3v) is 3.43. The number of aromatic nitrogens is 1. The topological polar surface area (TPSA) is 68.3 Å². The van der Waals surface area contributed by atoms with Gasteiger partial charge in [-0.05, 0) is 5.56 Å². The Hall–Kier alpha value is -2.05. The van der Waals surface area contributed by atoms with E-state index in [-0.39, 0.29) is 11.7 Å². The van der Waals surface area contributed by atoms with Crippen LogP contribution in [-0.4, -0.2) is 23.8 Å². The van der Waals surface area contributed by atoms with Crippen LogP contribution in [0.2, 0.25) is 0 Å². The van der Waals surface area contributed by atoms with Gasteiger partial charge in [0.2, 0.25) is 0 Å². The fourth-order valence-corrected chi connectivity index (χ4v) is 2.44. The minimum atomic E-state index is -0.708. The SMILES string of the molecule is CO[C@H](C(=O)Nc1nc(C(C)=O)cs1)c1ccccc1. The van der Waals surface area contributed by atoms with Crippen molar-refractivity contribution in [1.82, 2.24) is 4.98 Å². The van der Waals surface area contributed by atoms with Crippen LogP contribution in [-0.2, 0) is 9.53 Å². The summed E-state index contributed by atoms with van der Waals surface area (Å²) in [4.78, 5) is 27.4. The van der Waals surface area contributed by atoms with Gasteiger partial charge in [-0.1, -0.05) is 30.3 Å². The number of benzene rings is 1. The lowest BCUT2D eigenvalue weighted by molar-refractivity contribution is -0.126. The first-order valence-electron chi connectivity index (χ1n) is 5.97. The van der Waals surface area contributed by atoms with Crippen molar-refractivity contribution < 1.29 is 14.3 Å². The minimum absolute atomic E-state index is 0.131. The zero-order valence-electron chi connectivity index (χ0n) is 11.1. The summed E-state index contributed by atoms with van der Waals surface area (Å²) < 4.78 is 5.22. The monoisotopic (exact) mass is 290 g/mol. The molecule has 1 aromatic carbocycles. The number of ether oxygens (including phenoxy) is 1. The number of Topliss-reactive ketones (excluding diaryl/α,β-unsaturated/α-hetero) is 1. The molecule has 2 rings (SSSR count). The second-order valence-electron chi connectivity index (χ2n) is 4.11. The highest BCUT2D eigenvalue weighted by molar-refractivity contribution is 7.14. The van der Waals surface area contributed by atoms with Gasteiger partial charge in [-0.3, -0.25) is 14.9 Å². The molecule has 0 saturated carbocycles. The molecule has 20 heavy (non-hydrogen) atoms. The van der Waals surface area contributed by atoms with Crippen LogP contribution >= 0.6 is 11.3 Å². The average molecular weight is 290 g/mol. The number of nitrogens with zero attached hydrogens (tertiary/aromatic N) is 1. The normalized spacial score (nSPS) is 11.9. The van der Waals surface area contributed by atoms with Crippen LogP contribution in [0.3, 0.4) is 0 Å². The first-order valence-corrected chi connectivity index (χ1v) is 6.85. The molecule has 5 nitrogen and oxygen atoms in total. The number of anilines is 1. The van der Waals surface area contributed by atoms with E-state index in [0.717, 1.165) is 5.56 Å². The van der Waals surface area contributed by atoms with E-state index < -0.39 is 6.10 Å². The standard InChI is InChI=1S/C14H14N2O3S/c1-9(17)11-8-20-14(15-11)16-13(18)12(19-2)10-6-4-3-5-7-10/h3-8,12H,1-2H3,(H,15,16,18)/t12-/m0/s1. The molecule has 0 fully saturated rings. The molecule has 0 unspecified atom stereocenters. The summed E-state index contributed by atoms with van der Waals surface area (Å²) >= 11 is 1.21. The first-order chi connectivity index (χ1) is 9.61. The number of carbonyl (C=O) groups is 2. The van der Waals surface area contributed by atoms with Gasteiger partial charge in [-0.15, -0.1) is 11.3 Å². The summed E-state index contributed by atoms with van der Waals surface area (Å²) in [6.07, 6.45) is -0.708. The largest absolute Gasteiger partial charge is 0.367 e. The van der Waals surface area contributed by atoms with Gasteiger partial charge < -0.3 is 4.74 Å². The number of methoxy groups -OCH3 is 1. The molecule has 1 atom stereocenters. The van der Waals surface area contributed by atoms with Crippen molar-refractivity contribution in [2.24, 2.45) is 0 Å². The minimum Gasteiger partial charge on any atom is -0.367 e. The van der Waals surface area contributed by atoms with E-state index in [1.54, 1.807) is 5.38 Å². The van der Waals surface area contributed by atoms with Gasteiger partial charge in [0.1, 0.15) is 5.69 Å². The van der Waals surface area contributed by atoms with Crippen LogP contribution in [0, 0.1) is 0 Å². The summed E-state index contributed by atoms with van der Waals surface area (Å²) in [6, 6.07) is 9.18. The van der Waals surface area contributed by atoms with Crippen molar-refractivity contribution in [1.29, 1.82) is 0 Å². The van der Waals surface area contributed by atoms with E-state index in [4.69, 9.17) is 4.74 Å². The highest BCUT2D eigenvalue weighted by atomic mass is 32.1. The number of nitrogens with one attached hydrogen (secondary N) is 1. The number of ketones is 1. The predicted octanol–water partition coefficient (Wildman–Crippen LogP) is 2.67. The molecule has 2 aromatic rings. The maximum atomic E-state index is 12.2. The maximum Gasteiger partial charge on any atom is 0.259 e. The second kappa shape index (κ2) is 6.40. The Morgan fingerprint density at radius 1 is 1.30 bits per heavy atom. The molecular formula is C14H14N2O3S. The number of carbonyl (C=O) groups excluding carboxylic acids is 2. The van der Waals surface area contributed by atoms with Gasteiger partial charge in [0, 0.05) is 19.4 Å². The average Bonchev–Trinajstić information content (AvgIpc) is 2.89. The number of thiazole rings is 1. The van der Waals surface area contributed by atoms with Gasteiger partial charge in [0.25, 0.3) is 5.91 Å². The molecule has 6 heteroatoms. The molecule has 0 aliphatic heterocycles. The smallest absolute Gasteiger partial charge is 0.259 e. The van der Waals surface area contributed by atoms with E-state index >= 15 is 0 Å². The van der Waals surface area contributed by atoms with Crippen LogP contribution in [0.15, 0.2) is 35.7 Å². The van der Waals surface area contributed by atoms with Crippen molar-refractivity contribution in [3.05, 3.63) is 47.0 Å². The fourth-order valence-electron chi connectivity index (χ4n) is 1.69. The Bertz CT molecular complexity index is 610. The van der Waals surface area contributed by atoms with Gasteiger partial charge in [-0.2, -0.15) is 0 Å². The van der Waals surface area contributed by atoms with Gasteiger partial charge in [0.15, 0.2) is 17.0 Å². The number of amides is 1. The van der Waals surface area contributed by atoms with Crippen molar-refractivity contribution in [2.45, 2.75) is 13.0 Å². The Balaban J connectivity index is 2.11. The summed E-state index contributed by atoms with van der Waals surface area (Å²) in [5.74, 6) is -0.448. The summed E-state index contributed by atoms with van der Waals surface area (Å²) in [5, 5.41) is 4.66. The first kappa shape index (κ1) is 14.4. The molecule has 1 heterocycles. The highest BCUT2D eigenvalue weighted by Gasteiger charge is 2.21. The van der Waals surface area contributed by atoms with Crippen molar-refractivity contribution >= 4 is 28.2 Å². The van der Waals surface area contributed by atoms with Crippen LogP contribution in [0.1, 0.15) is 29.1 Å². The number of hydrogen-bond acceptors (Lipinski definition) is 5. The predicted molar refractivity (Wildman–Crippen MR) is 76.9 cm³/mol. The number of hydrogen-bond donors (Lipinski definition) is 1. The summed E-state index contributed by atoms with van der Waals surface area (Å²) in [6.45, 7) is 1.43. The van der Waals surface area contributed by atoms with Gasteiger partial charge in [-0.25, -0.2) is 4.98 Å². The molecule has 104 valence electrons. The highest BCUT2D eigenvalue weighted by Crippen LogP contribution is 2.21. The van der Waals surface area contributed by atoms with E-state index in [2.05, 4.69) is 10.3 Å². The van der Waals surface area contributed by atoms with E-state index in [1.165, 1.54) is 25.4 Å². The summed E-state index contributed by atoms with van der Waals surface area (Å²) in [5.41, 5.74) is 1.11. The zero-order chi connectivity index (χ0) is 14.5. The van der Waals surface area contributed by atoms with E-state index in [1.807, 2.05) is 30.3 Å². The molecule has 0 spiro atoms. The Morgan fingerprint density at radius 3 is 2.55 bits per heavy atom. The fraction of sp³-hybridized carbons (Fsp3) is 0.214. The molecule has 0 aliphatic carbocycles. The third kappa shape index (κ3) is 3.28. The molecule has 0 bridgehead atoms. The molecule has 1 aromatic heterocycles. The van der Waals surface area contributed by atoms with Gasteiger partial charge in [0.05, 0.1) is 0 Å². The molecule has 0 saturated heterocycles. The molecule has 1 amide bonds. The lowest BCUT2D eigenvalue weighted by Crippen LogP contribution is -2.22. The van der Waals surface area contributed by atoms with Crippen LogP contribution in [0.25, 0.3) is 0 Å². The molecule has 0 radical (unpaired) electrons. The van der Waals surface area contributed by atoms with Crippen molar-refractivity contribution in [2.75, 3.05) is 12.4 Å². The lowest BCUT2D eigenvalue weighted by Gasteiger charge is -2.14. The lowest BCUT2D eigenvalue weighted by atomic mass is 10.1. The van der Waals surface area contributed by atoms with E-state index in [9.17, 15) is 9.59 Å². The molecule has 0 aliphatic rings. The van der Waals surface area contributed by atoms with Crippen LogP contribution < -0.4 is 5.32 Å². The Morgan fingerprint density at radius 2 is 2.00 bits per heavy atom. The third-order valence-electron chi connectivity index (χ3n) is 2.67. The Labute approximate surface area is 120 Å². The maximum absolute atomic E-state index is 12.2. The van der Waals surface area contributed by atoms with Crippen molar-refractivity contribution in [3.63, 3.8) is 0 Å². The van der Waals surface area contributed by atoms with Crippen molar-refractivity contribution in [3.8, 4) is 0 Å². The molecule has 1 N–H and O–H groups in total. The second-order valence-corrected chi connectivity index (χ2v) is 4.97. The van der Waals surface area contributed by atoms with Crippen LogP contribution in [0.4, 0.5) is 5.13 Å². The summed E-state index contributed by atoms with van der Waals surface area (Å²) in [7, 11) is 1.47. The van der Waals surface area contributed by atoms with Crippen LogP contribution in [0.5, 0.6) is 0 Å². The quantitative estimate of drug-likeness (QED) is 0.860.